The number of benzene rings is 2. The second-order valence-corrected chi connectivity index (χ2v) is 10.1. The Balaban J connectivity index is 2.20. The maximum Gasteiger partial charge on any atom is 0.356 e. The molecule has 1 aromatic heterocycles. The fourth-order valence-corrected chi connectivity index (χ4v) is 4.89. The molecule has 36 heavy (non-hydrogen) atoms. The largest absolute Gasteiger partial charge is 0.476 e. The van der Waals surface area contributed by atoms with E-state index in [4.69, 9.17) is 4.74 Å². The molecule has 0 saturated carbocycles. The molecular weight excluding hydrogens is 484 g/mol. The normalized spacial score (nSPS) is 12.2. The van der Waals surface area contributed by atoms with Crippen LogP contribution in [-0.2, 0) is 14.8 Å². The topological polar surface area (TPSA) is 140 Å². The van der Waals surface area contributed by atoms with Crippen LogP contribution in [0, 0.1) is 13.8 Å². The van der Waals surface area contributed by atoms with E-state index < -0.39 is 16.0 Å². The zero-order chi connectivity index (χ0) is 26.6. The molecule has 0 spiro atoms. The summed E-state index contributed by atoms with van der Waals surface area (Å²) < 4.78 is 36.7. The van der Waals surface area contributed by atoms with Crippen LogP contribution in [0.25, 0.3) is 5.69 Å². The number of hydrogen-bond donors (Lipinski definition) is 3. The summed E-state index contributed by atoms with van der Waals surface area (Å²) in [5.41, 5.74) is 1.69. The van der Waals surface area contributed by atoms with E-state index in [0.717, 1.165) is 5.56 Å². The number of carboxylic acids is 1. The highest BCUT2D eigenvalue weighted by molar-refractivity contribution is 7.89. The van der Waals surface area contributed by atoms with Crippen molar-refractivity contribution in [1.82, 2.24) is 14.5 Å². The lowest BCUT2D eigenvalue weighted by Gasteiger charge is -2.18. The molecule has 1 amide bonds. The van der Waals surface area contributed by atoms with Gasteiger partial charge < -0.3 is 15.2 Å². The van der Waals surface area contributed by atoms with Crippen molar-refractivity contribution in [2.45, 2.75) is 58.4 Å². The van der Waals surface area contributed by atoms with Crippen LogP contribution >= 0.6 is 0 Å². The summed E-state index contributed by atoms with van der Waals surface area (Å²) in [7, 11) is -4.07. The molecule has 2 aromatic carbocycles. The number of aromatic nitrogens is 2. The maximum absolute atomic E-state index is 13.3. The van der Waals surface area contributed by atoms with E-state index in [2.05, 4.69) is 15.1 Å². The average molecular weight is 515 g/mol. The number of carbonyl (C=O) groups is 2. The Bertz CT molecular complexity index is 1400. The molecule has 0 saturated heterocycles. The molecule has 11 heteroatoms. The molecule has 0 aliphatic carbocycles. The van der Waals surface area contributed by atoms with Gasteiger partial charge in [0.15, 0.2) is 5.69 Å². The molecular formula is C25H30N4O6S. The minimum Gasteiger partial charge on any atom is -0.476 e. The third-order valence-electron chi connectivity index (χ3n) is 5.63. The molecule has 0 aliphatic rings. The lowest BCUT2D eigenvalue weighted by Crippen LogP contribution is -2.32. The van der Waals surface area contributed by atoms with E-state index in [9.17, 15) is 23.1 Å². The molecule has 0 radical (unpaired) electrons. The van der Waals surface area contributed by atoms with Crippen molar-refractivity contribution < 1.29 is 27.9 Å². The van der Waals surface area contributed by atoms with Crippen LogP contribution in [0.4, 0.5) is 5.69 Å². The highest BCUT2D eigenvalue weighted by atomic mass is 32.2. The van der Waals surface area contributed by atoms with Crippen molar-refractivity contribution in [1.29, 1.82) is 0 Å². The summed E-state index contributed by atoms with van der Waals surface area (Å²) in [5, 5.41) is 16.5. The number of nitrogens with zero attached hydrogens (tertiary/aromatic N) is 2. The molecule has 0 unspecified atom stereocenters. The van der Waals surface area contributed by atoms with Gasteiger partial charge in [-0.25, -0.2) is 17.9 Å². The van der Waals surface area contributed by atoms with Crippen LogP contribution in [0.2, 0.25) is 0 Å². The summed E-state index contributed by atoms with van der Waals surface area (Å²) in [6, 6.07) is 11.1. The lowest BCUT2D eigenvalue weighted by atomic mass is 10.2. The molecule has 0 fully saturated rings. The Hall–Kier alpha value is -3.70. The Morgan fingerprint density at radius 2 is 1.83 bits per heavy atom. The quantitative estimate of drug-likeness (QED) is 0.364. The van der Waals surface area contributed by atoms with Gasteiger partial charge in [0.25, 0.3) is 0 Å². The standard InChI is InChI=1S/C25H30N4O6S/c1-6-16(4)28-36(33,34)21-14-18(26-22(30)7-2)12-13-20(21)35-24-17(5)23(25(31)32)27-29(24)19-11-9-8-10-15(19)3/h8-14,16,28H,6-7H2,1-5H3,(H,26,30)(H,31,32)/t16-/m0/s1. The number of rotatable bonds is 10. The third-order valence-corrected chi connectivity index (χ3v) is 7.24. The minimum atomic E-state index is -4.07. The van der Waals surface area contributed by atoms with Crippen molar-refractivity contribution >= 4 is 27.6 Å². The van der Waals surface area contributed by atoms with Crippen LogP contribution in [0.15, 0.2) is 47.4 Å². The van der Waals surface area contributed by atoms with Gasteiger partial charge in [-0.15, -0.1) is 0 Å². The molecule has 192 valence electrons. The molecule has 3 aromatic rings. The number of ether oxygens (including phenoxy) is 1. The van der Waals surface area contributed by atoms with Crippen molar-refractivity contribution in [3.05, 3.63) is 59.3 Å². The Morgan fingerprint density at radius 1 is 1.14 bits per heavy atom. The smallest absolute Gasteiger partial charge is 0.356 e. The molecule has 1 heterocycles. The van der Waals surface area contributed by atoms with Crippen LogP contribution in [0.1, 0.15) is 55.2 Å². The van der Waals surface area contributed by atoms with Gasteiger partial charge in [-0.3, -0.25) is 4.79 Å². The summed E-state index contributed by atoms with van der Waals surface area (Å²) in [6.45, 7) is 8.65. The number of nitrogens with one attached hydrogen (secondary N) is 2. The fraction of sp³-hybridized carbons (Fsp3) is 0.320. The number of aryl methyl sites for hydroxylation is 1. The van der Waals surface area contributed by atoms with E-state index in [0.29, 0.717) is 12.1 Å². The van der Waals surface area contributed by atoms with E-state index >= 15 is 0 Å². The summed E-state index contributed by atoms with van der Waals surface area (Å²) >= 11 is 0. The molecule has 0 bridgehead atoms. The number of hydrogen-bond acceptors (Lipinski definition) is 6. The highest BCUT2D eigenvalue weighted by Gasteiger charge is 2.27. The lowest BCUT2D eigenvalue weighted by molar-refractivity contribution is -0.115. The van der Waals surface area contributed by atoms with Gasteiger partial charge >= 0.3 is 5.97 Å². The fourth-order valence-electron chi connectivity index (χ4n) is 3.41. The number of sulfonamides is 1. The summed E-state index contributed by atoms with van der Waals surface area (Å²) in [5.74, 6) is -1.50. The van der Waals surface area contributed by atoms with E-state index in [-0.39, 0.29) is 51.8 Å². The van der Waals surface area contributed by atoms with Crippen molar-refractivity contribution in [3.63, 3.8) is 0 Å². The van der Waals surface area contributed by atoms with Crippen molar-refractivity contribution in [2.24, 2.45) is 0 Å². The van der Waals surface area contributed by atoms with E-state index in [1.54, 1.807) is 32.9 Å². The van der Waals surface area contributed by atoms with Gasteiger partial charge in [-0.2, -0.15) is 9.78 Å². The first-order chi connectivity index (χ1) is 17.0. The monoisotopic (exact) mass is 514 g/mol. The number of aromatic carboxylic acids is 1. The Kier molecular flexibility index (Phi) is 8.16. The summed E-state index contributed by atoms with van der Waals surface area (Å²) in [6.07, 6.45) is 0.779. The van der Waals surface area contributed by atoms with Gasteiger partial charge in [0.2, 0.25) is 21.8 Å². The number of carbonyl (C=O) groups excluding carboxylic acids is 1. The van der Waals surface area contributed by atoms with Gasteiger partial charge in [0.1, 0.15) is 10.6 Å². The zero-order valence-corrected chi connectivity index (χ0v) is 21.6. The minimum absolute atomic E-state index is 0.0462. The SMILES string of the molecule is CCC(=O)Nc1ccc(Oc2c(C)c(C(=O)O)nn2-c2ccccc2C)c(S(=O)(=O)N[C@@H](C)CC)c1. The molecule has 0 aliphatic heterocycles. The first-order valence-corrected chi connectivity index (χ1v) is 13.0. The van der Waals surface area contributed by atoms with E-state index in [1.807, 2.05) is 26.0 Å². The summed E-state index contributed by atoms with van der Waals surface area (Å²) in [4.78, 5) is 23.5. The number of para-hydroxylation sites is 1. The second kappa shape index (κ2) is 10.9. The number of carboxylic acid groups (broad SMARTS) is 1. The Morgan fingerprint density at radius 3 is 2.44 bits per heavy atom. The van der Waals surface area contributed by atoms with Crippen LogP contribution in [0.3, 0.4) is 0 Å². The molecule has 3 N–H and O–H groups in total. The van der Waals surface area contributed by atoms with Crippen molar-refractivity contribution in [2.75, 3.05) is 5.32 Å². The second-order valence-electron chi connectivity index (χ2n) is 8.38. The molecule has 1 atom stereocenters. The Labute approximate surface area is 210 Å². The van der Waals surface area contributed by atoms with E-state index in [1.165, 1.54) is 22.9 Å². The van der Waals surface area contributed by atoms with Gasteiger partial charge in [0, 0.05) is 23.7 Å². The van der Waals surface area contributed by atoms with Crippen molar-refractivity contribution in [3.8, 4) is 17.3 Å². The highest BCUT2D eigenvalue weighted by Crippen LogP contribution is 2.36. The van der Waals surface area contributed by atoms with Gasteiger partial charge in [0.05, 0.1) is 5.69 Å². The first-order valence-electron chi connectivity index (χ1n) is 11.5. The molecule has 3 rings (SSSR count). The number of anilines is 1. The third kappa shape index (κ3) is 5.74. The van der Waals surface area contributed by atoms with Crippen LogP contribution in [0.5, 0.6) is 11.6 Å². The zero-order valence-electron chi connectivity index (χ0n) is 20.8. The predicted octanol–water partition coefficient (Wildman–Crippen LogP) is 4.40. The maximum atomic E-state index is 13.3. The van der Waals surface area contributed by atoms with Gasteiger partial charge in [-0.1, -0.05) is 32.0 Å². The number of amides is 1. The van der Waals surface area contributed by atoms with Gasteiger partial charge in [-0.05, 0) is 57.0 Å². The van der Waals surface area contributed by atoms with Crippen LogP contribution in [-0.4, -0.2) is 41.2 Å². The van der Waals surface area contributed by atoms with Crippen LogP contribution < -0.4 is 14.8 Å². The predicted molar refractivity (Wildman–Crippen MR) is 136 cm³/mol. The average Bonchev–Trinajstić information content (AvgIpc) is 3.15. The molecule has 10 nitrogen and oxygen atoms in total. The first kappa shape index (κ1) is 26.9.